The summed E-state index contributed by atoms with van der Waals surface area (Å²) in [6.45, 7) is 5.53. The third kappa shape index (κ3) is 1.34. The van der Waals surface area contributed by atoms with Crippen LogP contribution in [0.3, 0.4) is 0 Å². The minimum Gasteiger partial charge on any atom is -0.330 e. The molecule has 1 aromatic rings. The second-order valence-electron chi connectivity index (χ2n) is 6.02. The Bertz CT molecular complexity index is 419. The molecule has 0 aliphatic heterocycles. The summed E-state index contributed by atoms with van der Waals surface area (Å²) < 4.78 is 0. The molecule has 0 saturated heterocycles. The van der Waals surface area contributed by atoms with Crippen molar-refractivity contribution in [2.24, 2.45) is 17.1 Å². The molecule has 1 fully saturated rings. The second-order valence-corrected chi connectivity index (χ2v) is 6.02. The summed E-state index contributed by atoms with van der Waals surface area (Å²) >= 11 is 0. The summed E-state index contributed by atoms with van der Waals surface area (Å²) in [5.41, 5.74) is 11.0. The summed E-state index contributed by atoms with van der Waals surface area (Å²) in [5.74, 6) is 1.38. The van der Waals surface area contributed by atoms with Crippen LogP contribution in [0.25, 0.3) is 0 Å². The van der Waals surface area contributed by atoms with Gasteiger partial charge in [0, 0.05) is 0 Å². The van der Waals surface area contributed by atoms with Crippen molar-refractivity contribution in [3.05, 3.63) is 34.9 Å². The largest absolute Gasteiger partial charge is 0.330 e. The fourth-order valence-electron chi connectivity index (χ4n) is 3.63. The van der Waals surface area contributed by atoms with Gasteiger partial charge in [0.2, 0.25) is 0 Å². The highest BCUT2D eigenvalue weighted by Crippen LogP contribution is 2.63. The second kappa shape index (κ2) is 3.33. The van der Waals surface area contributed by atoms with E-state index in [-0.39, 0.29) is 0 Å². The molecule has 2 aliphatic carbocycles. The van der Waals surface area contributed by atoms with Crippen LogP contribution in [0.5, 0.6) is 0 Å². The van der Waals surface area contributed by atoms with Crippen molar-refractivity contribution in [2.75, 3.05) is 6.54 Å². The molecule has 0 heterocycles. The Morgan fingerprint density at radius 1 is 1.25 bits per heavy atom. The van der Waals surface area contributed by atoms with Crippen LogP contribution in [0.15, 0.2) is 18.2 Å². The van der Waals surface area contributed by atoms with Gasteiger partial charge in [-0.05, 0) is 59.7 Å². The molecule has 16 heavy (non-hydrogen) atoms. The van der Waals surface area contributed by atoms with Crippen molar-refractivity contribution in [1.29, 1.82) is 0 Å². The maximum atomic E-state index is 5.85. The molecule has 2 atom stereocenters. The molecule has 0 radical (unpaired) electrons. The first-order chi connectivity index (χ1) is 7.64. The highest BCUT2D eigenvalue weighted by atomic mass is 14.7. The quantitative estimate of drug-likeness (QED) is 0.806. The van der Waals surface area contributed by atoms with Crippen molar-refractivity contribution in [1.82, 2.24) is 0 Å². The highest BCUT2D eigenvalue weighted by Gasteiger charge is 2.57. The maximum Gasteiger partial charge on any atom is -0.00375 e. The fourth-order valence-corrected chi connectivity index (χ4v) is 3.63. The molecule has 2 N–H and O–H groups in total. The number of hydrogen-bond acceptors (Lipinski definition) is 1. The van der Waals surface area contributed by atoms with Gasteiger partial charge in [-0.25, -0.2) is 0 Å². The lowest BCUT2D eigenvalue weighted by Gasteiger charge is -2.06. The fraction of sp³-hybridized carbons (Fsp3) is 0.600. The van der Waals surface area contributed by atoms with E-state index in [9.17, 15) is 0 Å². The van der Waals surface area contributed by atoms with E-state index in [1.54, 1.807) is 11.1 Å². The molecule has 2 aliphatic rings. The van der Waals surface area contributed by atoms with Crippen LogP contribution in [-0.2, 0) is 12.8 Å². The first kappa shape index (κ1) is 10.3. The smallest absolute Gasteiger partial charge is 0.00375 e. The molecular formula is C15H21N. The lowest BCUT2D eigenvalue weighted by molar-refractivity contribution is 0.558. The third-order valence-corrected chi connectivity index (χ3v) is 4.79. The van der Waals surface area contributed by atoms with Crippen LogP contribution in [0.1, 0.15) is 42.9 Å². The van der Waals surface area contributed by atoms with Crippen molar-refractivity contribution in [3.63, 3.8) is 0 Å². The molecule has 0 unspecified atom stereocenters. The summed E-state index contributed by atoms with van der Waals surface area (Å²) in [6, 6.07) is 7.14. The zero-order valence-electron chi connectivity index (χ0n) is 10.3. The van der Waals surface area contributed by atoms with Crippen LogP contribution >= 0.6 is 0 Å². The van der Waals surface area contributed by atoms with E-state index in [0.29, 0.717) is 17.3 Å². The normalized spacial score (nSPS) is 30.2. The van der Waals surface area contributed by atoms with E-state index in [4.69, 9.17) is 5.73 Å². The number of aryl methyl sites for hydroxylation is 2. The first-order valence-corrected chi connectivity index (χ1v) is 6.46. The van der Waals surface area contributed by atoms with Gasteiger partial charge >= 0.3 is 0 Å². The van der Waals surface area contributed by atoms with Gasteiger partial charge in [-0.2, -0.15) is 0 Å². The number of fused-ring (bicyclic) bond motifs is 1. The van der Waals surface area contributed by atoms with E-state index < -0.39 is 0 Å². The third-order valence-electron chi connectivity index (χ3n) is 4.79. The van der Waals surface area contributed by atoms with E-state index in [2.05, 4.69) is 32.0 Å². The van der Waals surface area contributed by atoms with Crippen molar-refractivity contribution < 1.29 is 0 Å². The number of nitrogens with two attached hydrogens (primary N) is 1. The van der Waals surface area contributed by atoms with Crippen molar-refractivity contribution in [2.45, 2.75) is 39.0 Å². The Balaban J connectivity index is 1.92. The molecule has 1 saturated carbocycles. The van der Waals surface area contributed by atoms with E-state index in [0.717, 1.165) is 6.54 Å². The Hall–Kier alpha value is -0.820. The van der Waals surface area contributed by atoms with Crippen LogP contribution in [0.2, 0.25) is 0 Å². The SMILES string of the molecule is CC1(C)[C@@H](CN)[C@@H]1c1ccc2c(c1)CCC2. The van der Waals surface area contributed by atoms with Gasteiger partial charge < -0.3 is 5.73 Å². The van der Waals surface area contributed by atoms with Crippen molar-refractivity contribution >= 4 is 0 Å². The molecule has 0 aromatic heterocycles. The van der Waals surface area contributed by atoms with Gasteiger partial charge in [-0.15, -0.1) is 0 Å². The summed E-state index contributed by atoms with van der Waals surface area (Å²) in [7, 11) is 0. The van der Waals surface area contributed by atoms with Gasteiger partial charge in [0.1, 0.15) is 0 Å². The van der Waals surface area contributed by atoms with Crippen LogP contribution < -0.4 is 5.73 Å². The molecule has 1 heteroatoms. The monoisotopic (exact) mass is 215 g/mol. The van der Waals surface area contributed by atoms with Gasteiger partial charge in [0.15, 0.2) is 0 Å². The molecule has 0 spiro atoms. The molecule has 0 amide bonds. The molecule has 1 nitrogen and oxygen atoms in total. The van der Waals surface area contributed by atoms with Crippen LogP contribution in [-0.4, -0.2) is 6.54 Å². The number of benzene rings is 1. The first-order valence-electron chi connectivity index (χ1n) is 6.46. The lowest BCUT2D eigenvalue weighted by atomic mass is 9.99. The van der Waals surface area contributed by atoms with E-state index in [1.165, 1.54) is 24.8 Å². The minimum atomic E-state index is 0.418. The van der Waals surface area contributed by atoms with Gasteiger partial charge in [-0.1, -0.05) is 32.0 Å². The average Bonchev–Trinajstić information content (AvgIpc) is 2.62. The van der Waals surface area contributed by atoms with E-state index in [1.807, 2.05) is 0 Å². The van der Waals surface area contributed by atoms with Crippen LogP contribution in [0, 0.1) is 11.3 Å². The van der Waals surface area contributed by atoms with Crippen molar-refractivity contribution in [3.8, 4) is 0 Å². The molecular weight excluding hydrogens is 194 g/mol. The van der Waals surface area contributed by atoms with Gasteiger partial charge in [-0.3, -0.25) is 0 Å². The standard InChI is InChI=1S/C15H21N/c1-15(2)13(9-16)14(15)12-7-6-10-4-3-5-11(10)8-12/h6-8,13-14H,3-5,9,16H2,1-2H3/t13-,14-/m0/s1. The predicted octanol–water partition coefficient (Wildman–Crippen LogP) is 2.87. The molecule has 1 aromatic carbocycles. The minimum absolute atomic E-state index is 0.418. The lowest BCUT2D eigenvalue weighted by Crippen LogP contribution is -2.05. The number of hydrogen-bond donors (Lipinski definition) is 1. The zero-order valence-corrected chi connectivity index (χ0v) is 10.3. The Morgan fingerprint density at radius 3 is 2.69 bits per heavy atom. The summed E-state index contributed by atoms with van der Waals surface area (Å²) in [6.07, 6.45) is 3.90. The summed E-state index contributed by atoms with van der Waals surface area (Å²) in [4.78, 5) is 0. The molecule has 0 bridgehead atoms. The zero-order chi connectivity index (χ0) is 11.3. The Labute approximate surface area is 98.0 Å². The average molecular weight is 215 g/mol. The van der Waals surface area contributed by atoms with Gasteiger partial charge in [0.05, 0.1) is 0 Å². The van der Waals surface area contributed by atoms with E-state index >= 15 is 0 Å². The molecule has 3 rings (SSSR count). The number of rotatable bonds is 2. The van der Waals surface area contributed by atoms with Gasteiger partial charge in [0.25, 0.3) is 0 Å². The maximum absolute atomic E-state index is 5.85. The Morgan fingerprint density at radius 2 is 2.00 bits per heavy atom. The summed E-state index contributed by atoms with van der Waals surface area (Å²) in [5, 5.41) is 0. The van der Waals surface area contributed by atoms with Crippen LogP contribution in [0.4, 0.5) is 0 Å². The highest BCUT2D eigenvalue weighted by molar-refractivity contribution is 5.40. The Kier molecular flexibility index (Phi) is 2.16. The molecule has 86 valence electrons. The topological polar surface area (TPSA) is 26.0 Å². The predicted molar refractivity (Wildman–Crippen MR) is 67.5 cm³/mol.